The van der Waals surface area contributed by atoms with Crippen molar-refractivity contribution < 1.29 is 13.9 Å². The molecule has 0 spiro atoms. The molecule has 7 heteroatoms. The Kier molecular flexibility index (Phi) is 4.37. The van der Waals surface area contributed by atoms with Crippen LogP contribution in [0.5, 0.6) is 5.75 Å². The van der Waals surface area contributed by atoms with Gasteiger partial charge in [-0.15, -0.1) is 11.3 Å². The average Bonchev–Trinajstić information content (AvgIpc) is 3.23. The molecule has 130 valence electrons. The molecule has 0 unspecified atom stereocenters. The lowest BCUT2D eigenvalue weighted by Gasteiger charge is -2.10. The van der Waals surface area contributed by atoms with E-state index >= 15 is 0 Å². The van der Waals surface area contributed by atoms with Gasteiger partial charge in [-0.1, -0.05) is 30.3 Å². The first-order valence-corrected chi connectivity index (χ1v) is 8.77. The van der Waals surface area contributed by atoms with E-state index in [1.54, 1.807) is 18.2 Å². The zero-order valence-electron chi connectivity index (χ0n) is 13.6. The molecule has 0 atom stereocenters. The molecule has 0 aliphatic heterocycles. The second-order valence-electron chi connectivity index (χ2n) is 5.53. The van der Waals surface area contributed by atoms with Gasteiger partial charge in [-0.2, -0.15) is 0 Å². The van der Waals surface area contributed by atoms with Crippen LogP contribution in [0.4, 0.5) is 10.1 Å². The highest BCUT2D eigenvalue weighted by Crippen LogP contribution is 2.28. The normalized spacial score (nSPS) is 10.8. The minimum atomic E-state index is -0.501. The number of halogens is 1. The number of para-hydroxylation sites is 2. The number of nitrogens with zero attached hydrogens (tertiary/aromatic N) is 2. The van der Waals surface area contributed by atoms with E-state index in [4.69, 9.17) is 4.74 Å². The number of nitrogens with one attached hydrogen (secondary N) is 1. The number of thiazole rings is 1. The van der Waals surface area contributed by atoms with E-state index in [1.165, 1.54) is 23.5 Å². The first-order valence-electron chi connectivity index (χ1n) is 7.89. The highest BCUT2D eigenvalue weighted by Gasteiger charge is 2.13. The molecule has 0 aliphatic rings. The number of imidazole rings is 1. The Morgan fingerprint density at radius 2 is 2.00 bits per heavy atom. The van der Waals surface area contributed by atoms with Crippen molar-refractivity contribution in [3.8, 4) is 17.0 Å². The lowest BCUT2D eigenvalue weighted by molar-refractivity contribution is -0.118. The number of amides is 1. The predicted molar refractivity (Wildman–Crippen MR) is 99.0 cm³/mol. The number of carbonyl (C=O) groups is 1. The van der Waals surface area contributed by atoms with Crippen molar-refractivity contribution in [1.82, 2.24) is 9.38 Å². The summed E-state index contributed by atoms with van der Waals surface area (Å²) in [6, 6.07) is 13.4. The van der Waals surface area contributed by atoms with E-state index < -0.39 is 5.82 Å². The number of ether oxygens (including phenoxy) is 1. The fourth-order valence-electron chi connectivity index (χ4n) is 2.56. The molecule has 0 fully saturated rings. The van der Waals surface area contributed by atoms with Crippen molar-refractivity contribution in [2.75, 3.05) is 11.9 Å². The molecular formula is C19H14FN3O2S. The summed E-state index contributed by atoms with van der Waals surface area (Å²) >= 11 is 1.54. The monoisotopic (exact) mass is 367 g/mol. The van der Waals surface area contributed by atoms with Crippen LogP contribution in [0.25, 0.3) is 16.2 Å². The summed E-state index contributed by atoms with van der Waals surface area (Å²) in [5, 5.41) is 4.76. The van der Waals surface area contributed by atoms with Gasteiger partial charge >= 0.3 is 0 Å². The second kappa shape index (κ2) is 6.97. The number of carbonyl (C=O) groups excluding carboxylic acids is 1. The molecule has 4 rings (SSSR count). The van der Waals surface area contributed by atoms with E-state index in [9.17, 15) is 9.18 Å². The summed E-state index contributed by atoms with van der Waals surface area (Å²) in [7, 11) is 0. The van der Waals surface area contributed by atoms with Crippen molar-refractivity contribution in [2.45, 2.75) is 0 Å². The smallest absolute Gasteiger partial charge is 0.262 e. The largest absolute Gasteiger partial charge is 0.481 e. The van der Waals surface area contributed by atoms with Crippen LogP contribution in [0.3, 0.4) is 0 Å². The van der Waals surface area contributed by atoms with Crippen molar-refractivity contribution in [3.63, 3.8) is 0 Å². The van der Waals surface area contributed by atoms with Crippen LogP contribution in [0.2, 0.25) is 0 Å². The van der Waals surface area contributed by atoms with Gasteiger partial charge in [-0.25, -0.2) is 9.37 Å². The van der Waals surface area contributed by atoms with E-state index in [-0.39, 0.29) is 18.3 Å². The lowest BCUT2D eigenvalue weighted by atomic mass is 10.1. The average molecular weight is 367 g/mol. The van der Waals surface area contributed by atoms with Gasteiger partial charge in [0.25, 0.3) is 5.91 Å². The molecule has 0 aliphatic carbocycles. The summed E-state index contributed by atoms with van der Waals surface area (Å²) in [5.74, 6) is -0.828. The van der Waals surface area contributed by atoms with Gasteiger partial charge in [0.15, 0.2) is 23.1 Å². The Balaban J connectivity index is 1.50. The van der Waals surface area contributed by atoms with Crippen LogP contribution in [0.1, 0.15) is 0 Å². The van der Waals surface area contributed by atoms with Crippen LogP contribution in [0.15, 0.2) is 66.3 Å². The Labute approximate surface area is 152 Å². The Morgan fingerprint density at radius 1 is 1.19 bits per heavy atom. The van der Waals surface area contributed by atoms with Crippen molar-refractivity contribution in [2.24, 2.45) is 0 Å². The molecule has 1 N–H and O–H groups in total. The Hall–Kier alpha value is -3.19. The molecule has 0 radical (unpaired) electrons. The standard InChI is InChI=1S/C19H14FN3O2S/c20-14-6-2-4-8-17(14)25-12-18(24)21-15-7-3-1-5-13(15)16-11-23-9-10-26-19(23)22-16/h1-11H,12H2,(H,21,24). The van der Waals surface area contributed by atoms with Gasteiger partial charge in [0.05, 0.1) is 11.4 Å². The minimum absolute atomic E-state index is 0.0465. The topological polar surface area (TPSA) is 55.6 Å². The highest BCUT2D eigenvalue weighted by atomic mass is 32.1. The van der Waals surface area contributed by atoms with Crippen LogP contribution < -0.4 is 10.1 Å². The lowest BCUT2D eigenvalue weighted by Crippen LogP contribution is -2.20. The molecule has 0 saturated heterocycles. The maximum atomic E-state index is 13.6. The molecular weight excluding hydrogens is 353 g/mol. The summed E-state index contributed by atoms with van der Waals surface area (Å²) < 4.78 is 20.7. The number of hydrogen-bond donors (Lipinski definition) is 1. The van der Waals surface area contributed by atoms with E-state index in [0.29, 0.717) is 5.69 Å². The van der Waals surface area contributed by atoms with E-state index in [1.807, 2.05) is 40.4 Å². The minimum Gasteiger partial charge on any atom is -0.481 e. The zero-order chi connectivity index (χ0) is 17.9. The van der Waals surface area contributed by atoms with Gasteiger partial charge in [-0.05, 0) is 18.2 Å². The fourth-order valence-corrected chi connectivity index (χ4v) is 3.26. The number of benzene rings is 2. The van der Waals surface area contributed by atoms with Crippen molar-refractivity contribution in [3.05, 3.63) is 72.1 Å². The maximum absolute atomic E-state index is 13.6. The Bertz CT molecular complexity index is 1040. The number of fused-ring (bicyclic) bond motifs is 1. The molecule has 2 aromatic carbocycles. The van der Waals surface area contributed by atoms with Crippen LogP contribution in [0, 0.1) is 5.82 Å². The van der Waals surface area contributed by atoms with Crippen LogP contribution in [-0.2, 0) is 4.79 Å². The van der Waals surface area contributed by atoms with Gasteiger partial charge in [0.1, 0.15) is 0 Å². The number of aromatic nitrogens is 2. The number of anilines is 1. The maximum Gasteiger partial charge on any atom is 0.262 e. The van der Waals surface area contributed by atoms with Gasteiger partial charge < -0.3 is 10.1 Å². The first-order chi connectivity index (χ1) is 12.7. The molecule has 4 aromatic rings. The third kappa shape index (κ3) is 3.29. The SMILES string of the molecule is O=C(COc1ccccc1F)Nc1ccccc1-c1cn2ccsc2n1. The third-order valence-corrected chi connectivity index (χ3v) is 4.54. The second-order valence-corrected chi connectivity index (χ2v) is 6.40. The molecule has 5 nitrogen and oxygen atoms in total. The first kappa shape index (κ1) is 16.3. The molecule has 1 amide bonds. The predicted octanol–water partition coefficient (Wildman–Crippen LogP) is 4.22. The van der Waals surface area contributed by atoms with Gasteiger partial charge in [0.2, 0.25) is 0 Å². The zero-order valence-corrected chi connectivity index (χ0v) is 14.4. The third-order valence-electron chi connectivity index (χ3n) is 3.77. The molecule has 26 heavy (non-hydrogen) atoms. The molecule has 0 bridgehead atoms. The summed E-state index contributed by atoms with van der Waals surface area (Å²) in [5.41, 5.74) is 2.20. The quantitative estimate of drug-likeness (QED) is 0.575. The highest BCUT2D eigenvalue weighted by molar-refractivity contribution is 7.15. The fraction of sp³-hybridized carbons (Fsp3) is 0.0526. The molecule has 2 aromatic heterocycles. The summed E-state index contributed by atoms with van der Waals surface area (Å²) in [6.07, 6.45) is 3.84. The van der Waals surface area contributed by atoms with Crippen molar-refractivity contribution in [1.29, 1.82) is 0 Å². The van der Waals surface area contributed by atoms with Gasteiger partial charge in [-0.3, -0.25) is 9.20 Å². The van der Waals surface area contributed by atoms with E-state index in [0.717, 1.165) is 16.2 Å². The van der Waals surface area contributed by atoms with E-state index in [2.05, 4.69) is 10.3 Å². The number of hydrogen-bond acceptors (Lipinski definition) is 4. The Morgan fingerprint density at radius 3 is 2.85 bits per heavy atom. The molecule has 0 saturated carbocycles. The van der Waals surface area contributed by atoms with Crippen LogP contribution >= 0.6 is 11.3 Å². The van der Waals surface area contributed by atoms with Crippen LogP contribution in [-0.4, -0.2) is 21.9 Å². The summed E-state index contributed by atoms with van der Waals surface area (Å²) in [4.78, 5) is 17.7. The molecule has 2 heterocycles. The van der Waals surface area contributed by atoms with Gasteiger partial charge in [0, 0.05) is 23.3 Å². The van der Waals surface area contributed by atoms with Crippen molar-refractivity contribution >= 4 is 27.9 Å². The summed E-state index contributed by atoms with van der Waals surface area (Å²) in [6.45, 7) is -0.284. The number of rotatable bonds is 5.